The number of likely N-dealkylation sites (N-methyl/N-ethyl adjacent to an activating group) is 1. The molecule has 2 bridgehead atoms. The zero-order valence-corrected chi connectivity index (χ0v) is 15.4. The van der Waals surface area contributed by atoms with Crippen LogP contribution in [0.15, 0.2) is 0 Å². The predicted octanol–water partition coefficient (Wildman–Crippen LogP) is -0.174. The van der Waals surface area contributed by atoms with Crippen LogP contribution in [-0.2, 0) is 14.8 Å². The number of nitrogens with two attached hydrogens (primary N) is 1. The fourth-order valence-electron chi connectivity index (χ4n) is 4.65. The molecule has 3 aliphatic rings. The first-order chi connectivity index (χ1) is 11.3. The first-order valence-corrected chi connectivity index (χ1v) is 10.7. The Balaban J connectivity index is 1.57. The first kappa shape index (κ1) is 18.1. The molecule has 0 radical (unpaired) electrons. The highest BCUT2D eigenvalue weighted by atomic mass is 32.2. The summed E-state index contributed by atoms with van der Waals surface area (Å²) in [5.74, 6) is -0.0685. The van der Waals surface area contributed by atoms with Crippen molar-refractivity contribution < 1.29 is 13.2 Å². The van der Waals surface area contributed by atoms with Crippen LogP contribution in [0.2, 0.25) is 0 Å². The van der Waals surface area contributed by atoms with Gasteiger partial charge in [0.25, 0.3) is 0 Å². The topological polar surface area (TPSA) is 87.0 Å². The van der Waals surface area contributed by atoms with Crippen molar-refractivity contribution in [2.45, 2.75) is 50.1 Å². The molecule has 3 saturated heterocycles. The normalized spacial score (nSPS) is 33.0. The third-order valence-corrected chi connectivity index (χ3v) is 8.08. The fourth-order valence-corrected chi connectivity index (χ4v) is 6.12. The van der Waals surface area contributed by atoms with E-state index in [0.29, 0.717) is 32.1 Å². The monoisotopic (exact) mass is 358 g/mol. The van der Waals surface area contributed by atoms with Gasteiger partial charge in [-0.1, -0.05) is 0 Å². The SMILES string of the molecule is CN1CCN(S(=O)(=O)CCCN2[C@@H]3CCC[C@@]2(C(N)=O)CC3)CC1. The molecular formula is C16H30N4O3S. The third-order valence-electron chi connectivity index (χ3n) is 6.13. The average molecular weight is 359 g/mol. The van der Waals surface area contributed by atoms with E-state index in [0.717, 1.165) is 45.2 Å². The number of rotatable bonds is 6. The third kappa shape index (κ3) is 3.34. The van der Waals surface area contributed by atoms with Crippen LogP contribution in [-0.4, -0.2) is 85.5 Å². The quantitative estimate of drug-likeness (QED) is 0.712. The molecule has 0 saturated carbocycles. The number of fused-ring (bicyclic) bond motifs is 2. The second-order valence-electron chi connectivity index (χ2n) is 7.55. The summed E-state index contributed by atoms with van der Waals surface area (Å²) in [6.45, 7) is 3.39. The molecule has 0 aromatic heterocycles. The number of piperazine rings is 1. The van der Waals surface area contributed by atoms with E-state index in [4.69, 9.17) is 5.73 Å². The molecule has 1 amide bonds. The van der Waals surface area contributed by atoms with Crippen LogP contribution in [0.1, 0.15) is 38.5 Å². The van der Waals surface area contributed by atoms with E-state index >= 15 is 0 Å². The zero-order valence-electron chi connectivity index (χ0n) is 14.6. The smallest absolute Gasteiger partial charge is 0.237 e. The lowest BCUT2D eigenvalue weighted by atomic mass is 9.87. The molecule has 2 atom stereocenters. The molecule has 2 N–H and O–H groups in total. The van der Waals surface area contributed by atoms with Gasteiger partial charge in [-0.05, 0) is 45.6 Å². The Kier molecular flexibility index (Phi) is 5.20. The Bertz CT molecular complexity index is 570. The van der Waals surface area contributed by atoms with Gasteiger partial charge in [0.15, 0.2) is 0 Å². The van der Waals surface area contributed by atoms with Gasteiger partial charge in [0.1, 0.15) is 5.54 Å². The number of carbonyl (C=O) groups excluding carboxylic acids is 1. The molecule has 0 spiro atoms. The van der Waals surface area contributed by atoms with Crippen LogP contribution in [0.4, 0.5) is 0 Å². The molecule has 0 unspecified atom stereocenters. The second kappa shape index (κ2) is 6.90. The highest BCUT2D eigenvalue weighted by Gasteiger charge is 2.52. The number of hydrogen-bond acceptors (Lipinski definition) is 5. The molecule has 138 valence electrons. The van der Waals surface area contributed by atoms with Gasteiger partial charge in [-0.25, -0.2) is 8.42 Å². The van der Waals surface area contributed by atoms with E-state index < -0.39 is 15.6 Å². The van der Waals surface area contributed by atoms with E-state index in [2.05, 4.69) is 9.80 Å². The van der Waals surface area contributed by atoms with Crippen LogP contribution >= 0.6 is 0 Å². The molecule has 0 aliphatic carbocycles. The molecule has 24 heavy (non-hydrogen) atoms. The summed E-state index contributed by atoms with van der Waals surface area (Å²) >= 11 is 0. The summed E-state index contributed by atoms with van der Waals surface area (Å²) in [4.78, 5) is 16.4. The first-order valence-electron chi connectivity index (χ1n) is 9.08. The van der Waals surface area contributed by atoms with Gasteiger partial charge >= 0.3 is 0 Å². The van der Waals surface area contributed by atoms with E-state index in [1.165, 1.54) is 0 Å². The van der Waals surface area contributed by atoms with Crippen LogP contribution < -0.4 is 5.73 Å². The molecule has 0 aromatic rings. The van der Waals surface area contributed by atoms with Crippen molar-refractivity contribution in [2.75, 3.05) is 45.5 Å². The highest BCUT2D eigenvalue weighted by Crippen LogP contribution is 2.43. The average Bonchev–Trinajstić information content (AvgIpc) is 2.74. The molecule has 3 fully saturated rings. The Labute approximate surface area is 145 Å². The standard InChI is InChI=1S/C16H30N4O3S/c1-18-9-11-19(12-10-18)24(22,23)13-3-8-20-14-4-2-6-16(20,7-5-14)15(17)21/h14H,2-13H2,1H3,(H2,17,21)/t14-,16+/m1/s1. The second-order valence-corrected chi connectivity index (χ2v) is 9.63. The van der Waals surface area contributed by atoms with Crippen molar-refractivity contribution in [3.63, 3.8) is 0 Å². The van der Waals surface area contributed by atoms with E-state index in [9.17, 15) is 13.2 Å². The van der Waals surface area contributed by atoms with Crippen LogP contribution in [0.5, 0.6) is 0 Å². The molecule has 3 rings (SSSR count). The Hall–Kier alpha value is -0.700. The zero-order chi connectivity index (χ0) is 17.4. The van der Waals surface area contributed by atoms with E-state index in [1.54, 1.807) is 4.31 Å². The van der Waals surface area contributed by atoms with Gasteiger partial charge in [0.05, 0.1) is 5.75 Å². The molecule has 7 nitrogen and oxygen atoms in total. The predicted molar refractivity (Wildman–Crippen MR) is 93.0 cm³/mol. The highest BCUT2D eigenvalue weighted by molar-refractivity contribution is 7.89. The maximum atomic E-state index is 12.5. The van der Waals surface area contributed by atoms with E-state index in [1.807, 2.05) is 7.05 Å². The van der Waals surface area contributed by atoms with Crippen molar-refractivity contribution >= 4 is 15.9 Å². The van der Waals surface area contributed by atoms with Crippen LogP contribution in [0.25, 0.3) is 0 Å². The minimum Gasteiger partial charge on any atom is -0.368 e. The number of sulfonamides is 1. The number of carbonyl (C=O) groups is 1. The largest absolute Gasteiger partial charge is 0.368 e. The van der Waals surface area contributed by atoms with E-state index in [-0.39, 0.29) is 11.7 Å². The number of piperidine rings is 1. The summed E-state index contributed by atoms with van der Waals surface area (Å²) in [6.07, 6.45) is 5.38. The lowest BCUT2D eigenvalue weighted by Crippen LogP contribution is -2.58. The Morgan fingerprint density at radius 1 is 1.17 bits per heavy atom. The van der Waals surface area contributed by atoms with Gasteiger partial charge < -0.3 is 10.6 Å². The van der Waals surface area contributed by atoms with Gasteiger partial charge in [0, 0.05) is 38.8 Å². The van der Waals surface area contributed by atoms with Crippen molar-refractivity contribution in [3.05, 3.63) is 0 Å². The molecule has 3 heterocycles. The number of primary amides is 1. The summed E-state index contributed by atoms with van der Waals surface area (Å²) in [5, 5.41) is 0. The summed E-state index contributed by atoms with van der Waals surface area (Å²) in [7, 11) is -1.19. The maximum Gasteiger partial charge on any atom is 0.237 e. The summed E-state index contributed by atoms with van der Waals surface area (Å²) < 4.78 is 26.7. The Morgan fingerprint density at radius 3 is 2.54 bits per heavy atom. The van der Waals surface area contributed by atoms with Crippen molar-refractivity contribution in [3.8, 4) is 0 Å². The number of hydrogen-bond donors (Lipinski definition) is 1. The molecule has 0 aromatic carbocycles. The van der Waals surface area contributed by atoms with Gasteiger partial charge in [-0.15, -0.1) is 0 Å². The van der Waals surface area contributed by atoms with Crippen molar-refractivity contribution in [1.29, 1.82) is 0 Å². The Morgan fingerprint density at radius 2 is 1.88 bits per heavy atom. The van der Waals surface area contributed by atoms with Gasteiger partial charge in [0.2, 0.25) is 15.9 Å². The van der Waals surface area contributed by atoms with Crippen molar-refractivity contribution in [2.24, 2.45) is 5.73 Å². The molecule has 8 heteroatoms. The molecular weight excluding hydrogens is 328 g/mol. The minimum atomic E-state index is -3.20. The maximum absolute atomic E-state index is 12.5. The number of nitrogens with zero attached hydrogens (tertiary/aromatic N) is 3. The minimum absolute atomic E-state index is 0.161. The van der Waals surface area contributed by atoms with Crippen molar-refractivity contribution in [1.82, 2.24) is 14.1 Å². The molecule has 3 aliphatic heterocycles. The summed E-state index contributed by atoms with van der Waals surface area (Å²) in [5.41, 5.74) is 5.19. The van der Waals surface area contributed by atoms with Gasteiger partial charge in [-0.2, -0.15) is 4.31 Å². The number of amides is 1. The lowest BCUT2D eigenvalue weighted by Gasteiger charge is -2.42. The lowest BCUT2D eigenvalue weighted by molar-refractivity contribution is -0.131. The van der Waals surface area contributed by atoms with Crippen LogP contribution in [0.3, 0.4) is 0 Å². The van der Waals surface area contributed by atoms with Crippen LogP contribution in [0, 0.1) is 0 Å². The summed E-state index contributed by atoms with van der Waals surface area (Å²) in [6, 6.07) is 0.401. The van der Waals surface area contributed by atoms with Gasteiger partial charge in [-0.3, -0.25) is 9.69 Å². The fraction of sp³-hybridized carbons (Fsp3) is 0.938.